The van der Waals surface area contributed by atoms with Crippen molar-refractivity contribution in [1.82, 2.24) is 15.0 Å². The molecule has 3 heterocycles. The maximum atomic E-state index is 12.8. The van der Waals surface area contributed by atoms with E-state index in [0.29, 0.717) is 19.1 Å². The van der Waals surface area contributed by atoms with Crippen molar-refractivity contribution in [2.75, 3.05) is 29.9 Å². The van der Waals surface area contributed by atoms with Crippen molar-refractivity contribution in [3.05, 3.63) is 42.4 Å². The summed E-state index contributed by atoms with van der Waals surface area (Å²) in [7, 11) is 1.99. The Bertz CT molecular complexity index is 669. The van der Waals surface area contributed by atoms with Crippen molar-refractivity contribution in [3.63, 3.8) is 0 Å². The lowest BCUT2D eigenvalue weighted by Gasteiger charge is -2.37. The van der Waals surface area contributed by atoms with Gasteiger partial charge in [0.1, 0.15) is 11.5 Å². The second kappa shape index (κ2) is 6.62. The molecule has 1 aliphatic rings. The van der Waals surface area contributed by atoms with Gasteiger partial charge in [-0.25, -0.2) is 15.0 Å². The predicted molar refractivity (Wildman–Crippen MR) is 84.9 cm³/mol. The molecule has 0 saturated carbocycles. The van der Waals surface area contributed by atoms with Crippen molar-refractivity contribution in [3.8, 4) is 0 Å². The fraction of sp³-hybridized carbons (Fsp3) is 0.438. The van der Waals surface area contributed by atoms with Crippen LogP contribution in [0.5, 0.6) is 0 Å². The highest BCUT2D eigenvalue weighted by Crippen LogP contribution is 2.29. The zero-order valence-corrected chi connectivity index (χ0v) is 13.2. The lowest BCUT2D eigenvalue weighted by atomic mass is 10.0. The van der Waals surface area contributed by atoms with E-state index in [4.69, 9.17) is 0 Å². The summed E-state index contributed by atoms with van der Waals surface area (Å²) in [5.74, 6) is 1.04. The average Bonchev–Trinajstić information content (AvgIpc) is 2.61. The Kier molecular flexibility index (Phi) is 4.55. The highest BCUT2D eigenvalue weighted by atomic mass is 19.4. The molecule has 0 aromatic carbocycles. The summed E-state index contributed by atoms with van der Waals surface area (Å²) in [4.78, 5) is 15.9. The first kappa shape index (κ1) is 16.5. The molecule has 24 heavy (non-hydrogen) atoms. The van der Waals surface area contributed by atoms with Crippen LogP contribution in [0.1, 0.15) is 18.5 Å². The summed E-state index contributed by atoms with van der Waals surface area (Å²) < 4.78 is 38.3. The van der Waals surface area contributed by atoms with E-state index >= 15 is 0 Å². The molecule has 0 atom stereocenters. The molecule has 3 rings (SSSR count). The summed E-state index contributed by atoms with van der Waals surface area (Å²) in [5.41, 5.74) is -0.903. The Morgan fingerprint density at radius 2 is 1.83 bits per heavy atom. The van der Waals surface area contributed by atoms with Gasteiger partial charge < -0.3 is 9.80 Å². The molecular formula is C16H18F3N5. The van der Waals surface area contributed by atoms with E-state index in [1.165, 1.54) is 0 Å². The standard InChI is InChI=1S/C16H18F3N5/c1-23(14-4-2-3-8-20-14)12-6-10-24(11-7-12)15-21-9-5-13(22-15)16(17,18)19/h2-5,8-9,12H,6-7,10-11H2,1H3. The molecule has 0 unspecified atom stereocenters. The molecule has 1 fully saturated rings. The van der Waals surface area contributed by atoms with Crippen LogP contribution in [0.25, 0.3) is 0 Å². The Hall–Kier alpha value is -2.38. The molecule has 0 bridgehead atoms. The van der Waals surface area contributed by atoms with Gasteiger partial charge in [0.15, 0.2) is 0 Å². The van der Waals surface area contributed by atoms with E-state index < -0.39 is 11.9 Å². The number of anilines is 2. The number of alkyl halides is 3. The minimum atomic E-state index is -4.45. The molecule has 1 saturated heterocycles. The number of hydrogen-bond donors (Lipinski definition) is 0. The first-order valence-electron chi connectivity index (χ1n) is 7.74. The lowest BCUT2D eigenvalue weighted by molar-refractivity contribution is -0.141. The number of piperidine rings is 1. The van der Waals surface area contributed by atoms with Crippen LogP contribution in [0.2, 0.25) is 0 Å². The van der Waals surface area contributed by atoms with Gasteiger partial charge in [0.05, 0.1) is 0 Å². The van der Waals surface area contributed by atoms with Gasteiger partial charge in [0.2, 0.25) is 5.95 Å². The second-order valence-electron chi connectivity index (χ2n) is 5.76. The van der Waals surface area contributed by atoms with Crippen molar-refractivity contribution in [2.45, 2.75) is 25.1 Å². The molecule has 5 nitrogen and oxygen atoms in total. The van der Waals surface area contributed by atoms with Gasteiger partial charge in [-0.15, -0.1) is 0 Å². The number of aromatic nitrogens is 3. The van der Waals surface area contributed by atoms with Crippen LogP contribution in [0.15, 0.2) is 36.7 Å². The number of rotatable bonds is 3. The molecule has 0 aliphatic carbocycles. The fourth-order valence-corrected chi connectivity index (χ4v) is 2.86. The second-order valence-corrected chi connectivity index (χ2v) is 5.76. The Labute approximate surface area is 138 Å². The molecule has 2 aromatic heterocycles. The minimum Gasteiger partial charge on any atom is -0.357 e. The molecule has 128 valence electrons. The summed E-state index contributed by atoms with van der Waals surface area (Å²) in [6.07, 6.45) is 0.0866. The van der Waals surface area contributed by atoms with Gasteiger partial charge in [-0.2, -0.15) is 13.2 Å². The lowest BCUT2D eigenvalue weighted by Crippen LogP contribution is -2.44. The summed E-state index contributed by atoms with van der Waals surface area (Å²) in [6, 6.07) is 6.94. The van der Waals surface area contributed by atoms with Crippen LogP contribution < -0.4 is 9.80 Å². The minimum absolute atomic E-state index is 0.142. The summed E-state index contributed by atoms with van der Waals surface area (Å²) in [6.45, 7) is 1.23. The average molecular weight is 337 g/mol. The third kappa shape index (κ3) is 3.58. The fourth-order valence-electron chi connectivity index (χ4n) is 2.86. The first-order chi connectivity index (χ1) is 11.4. The molecular weight excluding hydrogens is 319 g/mol. The largest absolute Gasteiger partial charge is 0.433 e. The molecule has 2 aromatic rings. The van der Waals surface area contributed by atoms with Crippen molar-refractivity contribution in [1.29, 1.82) is 0 Å². The SMILES string of the molecule is CN(c1ccccn1)C1CCN(c2nccc(C(F)(F)F)n2)CC1. The Balaban J connectivity index is 1.65. The van der Waals surface area contributed by atoms with E-state index in [2.05, 4.69) is 19.9 Å². The van der Waals surface area contributed by atoms with Crippen LogP contribution in [0.3, 0.4) is 0 Å². The zero-order chi connectivity index (χ0) is 17.2. The van der Waals surface area contributed by atoms with E-state index in [-0.39, 0.29) is 5.95 Å². The Morgan fingerprint density at radius 1 is 1.08 bits per heavy atom. The van der Waals surface area contributed by atoms with Gasteiger partial charge in [0.25, 0.3) is 0 Å². The van der Waals surface area contributed by atoms with E-state index in [9.17, 15) is 13.2 Å². The molecule has 0 radical (unpaired) electrons. The van der Waals surface area contributed by atoms with Crippen LogP contribution >= 0.6 is 0 Å². The topological polar surface area (TPSA) is 45.2 Å². The van der Waals surface area contributed by atoms with Crippen LogP contribution in [0.4, 0.5) is 24.9 Å². The van der Waals surface area contributed by atoms with Gasteiger partial charge in [0, 0.05) is 38.6 Å². The summed E-state index contributed by atoms with van der Waals surface area (Å²) in [5, 5.41) is 0. The Morgan fingerprint density at radius 3 is 2.46 bits per heavy atom. The highest BCUT2D eigenvalue weighted by Gasteiger charge is 2.33. The summed E-state index contributed by atoms with van der Waals surface area (Å²) >= 11 is 0. The number of halogens is 3. The highest BCUT2D eigenvalue weighted by molar-refractivity contribution is 5.39. The van der Waals surface area contributed by atoms with Crippen molar-refractivity contribution < 1.29 is 13.2 Å². The van der Waals surface area contributed by atoms with Gasteiger partial charge >= 0.3 is 6.18 Å². The zero-order valence-electron chi connectivity index (χ0n) is 13.2. The quantitative estimate of drug-likeness (QED) is 0.862. The van der Waals surface area contributed by atoms with Crippen LogP contribution in [-0.4, -0.2) is 41.1 Å². The van der Waals surface area contributed by atoms with E-state index in [0.717, 1.165) is 30.9 Å². The van der Waals surface area contributed by atoms with Gasteiger partial charge in [-0.3, -0.25) is 0 Å². The molecule has 1 aliphatic heterocycles. The first-order valence-corrected chi connectivity index (χ1v) is 7.74. The van der Waals surface area contributed by atoms with E-state index in [1.807, 2.05) is 25.2 Å². The molecule has 8 heteroatoms. The number of hydrogen-bond acceptors (Lipinski definition) is 5. The molecule has 0 amide bonds. The maximum absolute atomic E-state index is 12.8. The van der Waals surface area contributed by atoms with Crippen LogP contribution in [-0.2, 0) is 6.18 Å². The monoisotopic (exact) mass is 337 g/mol. The van der Waals surface area contributed by atoms with Gasteiger partial charge in [-0.1, -0.05) is 6.07 Å². The third-order valence-electron chi connectivity index (χ3n) is 4.24. The predicted octanol–water partition coefficient (Wildman–Crippen LogP) is 3.00. The van der Waals surface area contributed by atoms with Crippen molar-refractivity contribution in [2.24, 2.45) is 0 Å². The maximum Gasteiger partial charge on any atom is 0.433 e. The smallest absolute Gasteiger partial charge is 0.357 e. The molecule has 0 spiro atoms. The number of nitrogens with zero attached hydrogens (tertiary/aromatic N) is 5. The number of pyridine rings is 1. The van der Waals surface area contributed by atoms with Gasteiger partial charge in [-0.05, 0) is 31.0 Å². The van der Waals surface area contributed by atoms with Crippen LogP contribution in [0, 0.1) is 0 Å². The normalized spacial score (nSPS) is 16.2. The third-order valence-corrected chi connectivity index (χ3v) is 4.24. The van der Waals surface area contributed by atoms with E-state index in [1.54, 1.807) is 11.1 Å². The van der Waals surface area contributed by atoms with Crippen molar-refractivity contribution >= 4 is 11.8 Å². The molecule has 0 N–H and O–H groups in total.